The lowest BCUT2D eigenvalue weighted by Gasteiger charge is -2.07. The Labute approximate surface area is 117 Å². The third kappa shape index (κ3) is 3.82. The minimum Gasteiger partial charge on any atom is -0.508 e. The summed E-state index contributed by atoms with van der Waals surface area (Å²) in [5.41, 5.74) is 2.32. The van der Waals surface area contributed by atoms with Crippen LogP contribution in [0.3, 0.4) is 0 Å². The van der Waals surface area contributed by atoms with E-state index in [0.29, 0.717) is 6.42 Å². The molecule has 3 nitrogen and oxygen atoms in total. The van der Waals surface area contributed by atoms with Crippen molar-refractivity contribution < 1.29 is 14.3 Å². The average Bonchev–Trinajstić information content (AvgIpc) is 2.41. The predicted molar refractivity (Wildman–Crippen MR) is 76.2 cm³/mol. The van der Waals surface area contributed by atoms with Crippen LogP contribution in [0.4, 0.5) is 10.1 Å². The summed E-state index contributed by atoms with van der Waals surface area (Å²) in [6.45, 7) is 2.00. The van der Waals surface area contributed by atoms with Gasteiger partial charge in [0.1, 0.15) is 11.6 Å². The molecule has 0 aliphatic rings. The molecule has 104 valence electrons. The first-order valence-corrected chi connectivity index (χ1v) is 6.38. The first kappa shape index (κ1) is 14.1. The molecule has 0 atom stereocenters. The van der Waals surface area contributed by atoms with Crippen molar-refractivity contribution in [3.63, 3.8) is 0 Å². The third-order valence-corrected chi connectivity index (χ3v) is 2.99. The smallest absolute Gasteiger partial charge is 0.224 e. The van der Waals surface area contributed by atoms with E-state index in [2.05, 4.69) is 5.32 Å². The number of amides is 1. The molecule has 0 aromatic heterocycles. The standard InChI is InChI=1S/C16H16FNO2/c1-11-2-4-12(5-3-11)6-9-16(20)18-15-8-7-13(19)10-14(15)17/h2-5,7-8,10,19H,6,9H2,1H3,(H,18,20). The molecule has 0 saturated heterocycles. The van der Waals surface area contributed by atoms with E-state index in [1.54, 1.807) is 0 Å². The van der Waals surface area contributed by atoms with Crippen molar-refractivity contribution in [1.82, 2.24) is 0 Å². The third-order valence-electron chi connectivity index (χ3n) is 2.99. The van der Waals surface area contributed by atoms with Crippen molar-refractivity contribution in [2.24, 2.45) is 0 Å². The monoisotopic (exact) mass is 273 g/mol. The zero-order chi connectivity index (χ0) is 14.5. The molecule has 2 N–H and O–H groups in total. The van der Waals surface area contributed by atoms with Gasteiger partial charge < -0.3 is 10.4 Å². The summed E-state index contributed by atoms with van der Waals surface area (Å²) in [6, 6.07) is 11.6. The van der Waals surface area contributed by atoms with Crippen LogP contribution in [0.25, 0.3) is 0 Å². The fourth-order valence-corrected chi connectivity index (χ4v) is 1.83. The van der Waals surface area contributed by atoms with Crippen molar-refractivity contribution in [3.05, 3.63) is 59.4 Å². The van der Waals surface area contributed by atoms with Gasteiger partial charge in [0.25, 0.3) is 0 Å². The van der Waals surface area contributed by atoms with Gasteiger partial charge in [0, 0.05) is 12.5 Å². The van der Waals surface area contributed by atoms with E-state index >= 15 is 0 Å². The number of carbonyl (C=O) groups is 1. The van der Waals surface area contributed by atoms with Gasteiger partial charge >= 0.3 is 0 Å². The lowest BCUT2D eigenvalue weighted by atomic mass is 10.1. The van der Waals surface area contributed by atoms with E-state index in [-0.39, 0.29) is 23.8 Å². The van der Waals surface area contributed by atoms with Gasteiger partial charge in [-0.25, -0.2) is 4.39 Å². The van der Waals surface area contributed by atoms with Crippen LogP contribution in [0.5, 0.6) is 5.75 Å². The number of halogens is 1. The largest absolute Gasteiger partial charge is 0.508 e. The van der Waals surface area contributed by atoms with Gasteiger partial charge in [-0.2, -0.15) is 0 Å². The van der Waals surface area contributed by atoms with Gasteiger partial charge in [-0.15, -0.1) is 0 Å². The Balaban J connectivity index is 1.90. The summed E-state index contributed by atoms with van der Waals surface area (Å²) in [7, 11) is 0. The van der Waals surface area contributed by atoms with Crippen molar-refractivity contribution in [2.45, 2.75) is 19.8 Å². The van der Waals surface area contributed by atoms with Crippen molar-refractivity contribution in [3.8, 4) is 5.75 Å². The Morgan fingerprint density at radius 3 is 2.55 bits per heavy atom. The van der Waals surface area contributed by atoms with Crippen LogP contribution in [-0.4, -0.2) is 11.0 Å². The number of carbonyl (C=O) groups excluding carboxylic acids is 1. The molecule has 0 spiro atoms. The summed E-state index contributed by atoms with van der Waals surface area (Å²) in [5, 5.41) is 11.6. The Hall–Kier alpha value is -2.36. The molecule has 0 saturated carbocycles. The number of aromatic hydroxyl groups is 1. The van der Waals surface area contributed by atoms with Crippen LogP contribution >= 0.6 is 0 Å². The highest BCUT2D eigenvalue weighted by Crippen LogP contribution is 2.19. The molecule has 0 bridgehead atoms. The molecule has 0 unspecified atom stereocenters. The van der Waals surface area contributed by atoms with Crippen LogP contribution in [0, 0.1) is 12.7 Å². The van der Waals surface area contributed by atoms with E-state index in [4.69, 9.17) is 5.11 Å². The quantitative estimate of drug-likeness (QED) is 0.839. The fourth-order valence-electron chi connectivity index (χ4n) is 1.83. The van der Waals surface area contributed by atoms with Crippen LogP contribution in [-0.2, 0) is 11.2 Å². The summed E-state index contributed by atoms with van der Waals surface area (Å²) in [5.74, 6) is -1.07. The molecule has 0 radical (unpaired) electrons. The van der Waals surface area contributed by atoms with Crippen molar-refractivity contribution in [1.29, 1.82) is 0 Å². The molecule has 1 amide bonds. The number of nitrogens with one attached hydrogen (secondary N) is 1. The summed E-state index contributed by atoms with van der Waals surface area (Å²) in [6.07, 6.45) is 0.884. The van der Waals surface area contributed by atoms with Crippen molar-refractivity contribution >= 4 is 11.6 Å². The van der Waals surface area contributed by atoms with Gasteiger partial charge in [0.2, 0.25) is 5.91 Å². The Kier molecular flexibility index (Phi) is 4.35. The van der Waals surface area contributed by atoms with E-state index in [9.17, 15) is 9.18 Å². The van der Waals surface area contributed by atoms with Crippen LogP contribution in [0.2, 0.25) is 0 Å². The number of rotatable bonds is 4. The van der Waals surface area contributed by atoms with Crippen molar-refractivity contribution in [2.75, 3.05) is 5.32 Å². The fraction of sp³-hybridized carbons (Fsp3) is 0.188. The van der Waals surface area contributed by atoms with Gasteiger partial charge in [-0.3, -0.25) is 4.79 Å². The molecule has 0 aliphatic heterocycles. The van der Waals surface area contributed by atoms with E-state index in [1.807, 2.05) is 31.2 Å². The molecular weight excluding hydrogens is 257 g/mol. The molecule has 2 aromatic rings. The Morgan fingerprint density at radius 2 is 1.90 bits per heavy atom. The number of phenolic OH excluding ortho intramolecular Hbond substituents is 1. The summed E-state index contributed by atoms with van der Waals surface area (Å²) in [4.78, 5) is 11.7. The maximum atomic E-state index is 13.4. The number of hydrogen-bond acceptors (Lipinski definition) is 2. The van der Waals surface area contributed by atoms with Crippen LogP contribution in [0.15, 0.2) is 42.5 Å². The van der Waals surface area contributed by atoms with E-state index < -0.39 is 5.82 Å². The second-order valence-corrected chi connectivity index (χ2v) is 4.70. The molecule has 0 fully saturated rings. The zero-order valence-electron chi connectivity index (χ0n) is 11.2. The Bertz CT molecular complexity index is 608. The highest BCUT2D eigenvalue weighted by atomic mass is 19.1. The SMILES string of the molecule is Cc1ccc(CCC(=O)Nc2ccc(O)cc2F)cc1. The number of benzene rings is 2. The van der Waals surface area contributed by atoms with E-state index in [1.165, 1.54) is 17.7 Å². The highest BCUT2D eigenvalue weighted by molar-refractivity contribution is 5.91. The topological polar surface area (TPSA) is 49.3 Å². The zero-order valence-corrected chi connectivity index (χ0v) is 11.2. The Morgan fingerprint density at radius 1 is 1.20 bits per heavy atom. The molecule has 2 aromatic carbocycles. The summed E-state index contributed by atoms with van der Waals surface area (Å²) < 4.78 is 13.4. The van der Waals surface area contributed by atoms with Gasteiger partial charge in [0.05, 0.1) is 5.69 Å². The predicted octanol–water partition coefficient (Wildman–Crippen LogP) is 3.41. The molecule has 4 heteroatoms. The molecule has 0 aliphatic carbocycles. The first-order chi connectivity index (χ1) is 9.54. The van der Waals surface area contributed by atoms with Gasteiger partial charge in [-0.05, 0) is 31.0 Å². The molecule has 20 heavy (non-hydrogen) atoms. The van der Waals surface area contributed by atoms with Gasteiger partial charge in [0.15, 0.2) is 0 Å². The normalized spacial score (nSPS) is 10.3. The minimum absolute atomic E-state index is 0.0803. The maximum Gasteiger partial charge on any atom is 0.224 e. The van der Waals surface area contributed by atoms with Gasteiger partial charge in [-0.1, -0.05) is 29.8 Å². The number of aryl methyl sites for hydroxylation is 2. The second-order valence-electron chi connectivity index (χ2n) is 4.70. The number of hydrogen-bond donors (Lipinski definition) is 2. The lowest BCUT2D eigenvalue weighted by molar-refractivity contribution is -0.116. The highest BCUT2D eigenvalue weighted by Gasteiger charge is 2.08. The minimum atomic E-state index is -0.645. The first-order valence-electron chi connectivity index (χ1n) is 6.38. The van der Waals surface area contributed by atoms with E-state index in [0.717, 1.165) is 11.6 Å². The second kappa shape index (κ2) is 6.19. The molecule has 2 rings (SSSR count). The summed E-state index contributed by atoms with van der Waals surface area (Å²) >= 11 is 0. The van der Waals surface area contributed by atoms with Crippen LogP contribution < -0.4 is 5.32 Å². The average molecular weight is 273 g/mol. The van der Waals surface area contributed by atoms with Crippen LogP contribution in [0.1, 0.15) is 17.5 Å². The maximum absolute atomic E-state index is 13.4. The molecule has 0 heterocycles. The number of anilines is 1. The number of phenols is 1. The molecular formula is C16H16FNO2. The lowest BCUT2D eigenvalue weighted by Crippen LogP contribution is -2.13.